The Morgan fingerprint density at radius 2 is 1.92 bits per heavy atom. The molecule has 1 amide bonds. The molecule has 8 heteroatoms. The Morgan fingerprint density at radius 1 is 1.23 bits per heavy atom. The minimum absolute atomic E-state index is 0. The summed E-state index contributed by atoms with van der Waals surface area (Å²) in [7, 11) is 3.53. The summed E-state index contributed by atoms with van der Waals surface area (Å²) in [6.07, 6.45) is 3.58. The Balaban J connectivity index is 0.00000243. The van der Waals surface area contributed by atoms with Crippen LogP contribution in [0.25, 0.3) is 0 Å². The van der Waals surface area contributed by atoms with E-state index in [1.54, 1.807) is 7.05 Å². The van der Waals surface area contributed by atoms with Gasteiger partial charge < -0.3 is 20.7 Å². The topological polar surface area (TPSA) is 78.0 Å². The molecule has 1 aliphatic carbocycles. The summed E-state index contributed by atoms with van der Waals surface area (Å²) in [5.41, 5.74) is 0.148. The van der Waals surface area contributed by atoms with Crippen molar-refractivity contribution < 1.29 is 9.53 Å². The molecule has 2 aliphatic heterocycles. The fourth-order valence-corrected chi connectivity index (χ4v) is 4.65. The van der Waals surface area contributed by atoms with Crippen LogP contribution in [-0.4, -0.2) is 75.3 Å². The molecule has 3 unspecified atom stereocenters. The zero-order valence-corrected chi connectivity index (χ0v) is 18.7. The first-order chi connectivity index (χ1) is 12.0. The number of nitrogens with one attached hydrogen (secondary N) is 3. The standard InChI is InChI=1S/C18H33N5O2.HI/c1-18(2)15(13-7-10-25-16(13)18)22-17(20-4)21-12-5-8-23(9-6-12)11-14(24)19-3;/h12-13,15-16H,5-11H2,1-4H3,(H,19,24)(H2,20,21,22);1H. The van der Waals surface area contributed by atoms with Gasteiger partial charge in [-0.05, 0) is 19.3 Å². The molecule has 0 aromatic heterocycles. The molecule has 3 atom stereocenters. The van der Waals surface area contributed by atoms with Crippen molar-refractivity contribution in [1.29, 1.82) is 0 Å². The van der Waals surface area contributed by atoms with E-state index in [1.807, 2.05) is 7.05 Å². The highest BCUT2D eigenvalue weighted by Gasteiger charge is 2.59. The molecular formula is C18H34IN5O2. The second kappa shape index (κ2) is 9.05. The highest BCUT2D eigenvalue weighted by Crippen LogP contribution is 2.52. The van der Waals surface area contributed by atoms with Crippen molar-refractivity contribution in [3.63, 3.8) is 0 Å². The fraction of sp³-hybridized carbons (Fsp3) is 0.889. The van der Waals surface area contributed by atoms with Crippen LogP contribution >= 0.6 is 24.0 Å². The monoisotopic (exact) mass is 479 g/mol. The highest BCUT2D eigenvalue weighted by atomic mass is 127. The number of likely N-dealkylation sites (N-methyl/N-ethyl adjacent to an activating group) is 1. The average molecular weight is 479 g/mol. The number of hydrogen-bond acceptors (Lipinski definition) is 4. The normalized spacial score (nSPS) is 31.4. The fourth-order valence-electron chi connectivity index (χ4n) is 4.65. The van der Waals surface area contributed by atoms with Gasteiger partial charge in [0.2, 0.25) is 5.91 Å². The summed E-state index contributed by atoms with van der Waals surface area (Å²) >= 11 is 0. The zero-order valence-electron chi connectivity index (χ0n) is 16.4. The van der Waals surface area contributed by atoms with Crippen molar-refractivity contribution in [2.45, 2.75) is 51.3 Å². The van der Waals surface area contributed by atoms with Crippen LogP contribution in [0.2, 0.25) is 0 Å². The maximum atomic E-state index is 11.5. The van der Waals surface area contributed by atoms with Gasteiger partial charge in [-0.2, -0.15) is 0 Å². The second-order valence-corrected chi connectivity index (χ2v) is 8.13. The molecule has 2 saturated heterocycles. The van der Waals surface area contributed by atoms with Crippen LogP contribution in [0.4, 0.5) is 0 Å². The summed E-state index contributed by atoms with van der Waals surface area (Å²) < 4.78 is 5.88. The number of halogens is 1. The first-order valence-electron chi connectivity index (χ1n) is 9.50. The molecule has 3 rings (SSSR count). The average Bonchev–Trinajstić information content (AvgIpc) is 3.07. The van der Waals surface area contributed by atoms with Crippen molar-refractivity contribution >= 4 is 35.8 Å². The molecule has 26 heavy (non-hydrogen) atoms. The Morgan fingerprint density at radius 3 is 2.54 bits per heavy atom. The van der Waals surface area contributed by atoms with Crippen LogP contribution in [0, 0.1) is 11.3 Å². The van der Waals surface area contributed by atoms with Gasteiger partial charge >= 0.3 is 0 Å². The van der Waals surface area contributed by atoms with Gasteiger partial charge in [0.15, 0.2) is 5.96 Å². The predicted octanol–water partition coefficient (Wildman–Crippen LogP) is 0.793. The number of guanidine groups is 1. The summed E-state index contributed by atoms with van der Waals surface area (Å²) in [5, 5.41) is 9.92. The van der Waals surface area contributed by atoms with Gasteiger partial charge in [0.1, 0.15) is 0 Å². The van der Waals surface area contributed by atoms with E-state index < -0.39 is 0 Å². The molecule has 3 aliphatic rings. The van der Waals surface area contributed by atoms with E-state index >= 15 is 0 Å². The molecular weight excluding hydrogens is 445 g/mol. The smallest absolute Gasteiger partial charge is 0.233 e. The molecule has 3 fully saturated rings. The first-order valence-corrected chi connectivity index (χ1v) is 9.50. The van der Waals surface area contributed by atoms with E-state index in [1.165, 1.54) is 0 Å². The van der Waals surface area contributed by atoms with Gasteiger partial charge in [0.05, 0.1) is 12.6 Å². The van der Waals surface area contributed by atoms with Crippen LogP contribution in [-0.2, 0) is 9.53 Å². The lowest BCUT2D eigenvalue weighted by molar-refractivity contribution is -0.122. The molecule has 150 valence electrons. The number of aliphatic imine (C=N–C) groups is 1. The number of carbonyl (C=O) groups excluding carboxylic acids is 1. The Kier molecular flexibility index (Phi) is 7.55. The number of nitrogens with zero attached hydrogens (tertiary/aromatic N) is 2. The zero-order chi connectivity index (χ0) is 18.0. The van der Waals surface area contributed by atoms with Crippen LogP contribution in [0.3, 0.4) is 0 Å². The summed E-state index contributed by atoms with van der Waals surface area (Å²) in [6.45, 7) is 7.82. The van der Waals surface area contributed by atoms with E-state index in [4.69, 9.17) is 4.74 Å². The number of carbonyl (C=O) groups is 1. The minimum Gasteiger partial charge on any atom is -0.377 e. The van der Waals surface area contributed by atoms with Gasteiger partial charge in [0, 0.05) is 57.2 Å². The molecule has 0 bridgehead atoms. The number of hydrogen-bond donors (Lipinski definition) is 3. The van der Waals surface area contributed by atoms with Crippen LogP contribution in [0.15, 0.2) is 4.99 Å². The summed E-state index contributed by atoms with van der Waals surface area (Å²) in [6, 6.07) is 0.825. The molecule has 7 nitrogen and oxygen atoms in total. The number of ether oxygens (including phenoxy) is 1. The first kappa shape index (κ1) is 21.7. The Labute approximate surface area is 174 Å². The van der Waals surface area contributed by atoms with Gasteiger partial charge in [0.25, 0.3) is 0 Å². The van der Waals surface area contributed by atoms with Gasteiger partial charge in [-0.1, -0.05) is 13.8 Å². The molecule has 3 N–H and O–H groups in total. The van der Waals surface area contributed by atoms with Crippen LogP contribution in [0.5, 0.6) is 0 Å². The molecule has 0 spiro atoms. The van der Waals surface area contributed by atoms with Crippen molar-refractivity contribution in [1.82, 2.24) is 20.9 Å². The van der Waals surface area contributed by atoms with Crippen molar-refractivity contribution in [3.8, 4) is 0 Å². The van der Waals surface area contributed by atoms with Gasteiger partial charge in [-0.25, -0.2) is 0 Å². The van der Waals surface area contributed by atoms with Crippen molar-refractivity contribution in [2.75, 3.05) is 40.3 Å². The summed E-state index contributed by atoms with van der Waals surface area (Å²) in [5.74, 6) is 1.58. The van der Waals surface area contributed by atoms with Crippen LogP contribution < -0.4 is 16.0 Å². The predicted molar refractivity (Wildman–Crippen MR) is 114 cm³/mol. The second-order valence-electron chi connectivity index (χ2n) is 8.13. The van der Waals surface area contributed by atoms with Crippen molar-refractivity contribution in [2.24, 2.45) is 16.3 Å². The number of piperidine rings is 1. The van der Waals surface area contributed by atoms with E-state index in [2.05, 4.69) is 39.7 Å². The number of likely N-dealkylation sites (tertiary alicyclic amines) is 1. The quantitative estimate of drug-likeness (QED) is 0.316. The number of rotatable bonds is 4. The number of amides is 1. The maximum Gasteiger partial charge on any atom is 0.233 e. The van der Waals surface area contributed by atoms with E-state index in [0.717, 1.165) is 44.9 Å². The largest absolute Gasteiger partial charge is 0.377 e. The van der Waals surface area contributed by atoms with Gasteiger partial charge in [-0.15, -0.1) is 24.0 Å². The van der Waals surface area contributed by atoms with Gasteiger partial charge in [-0.3, -0.25) is 14.7 Å². The molecule has 1 saturated carbocycles. The molecule has 0 aromatic rings. The lowest BCUT2D eigenvalue weighted by Crippen LogP contribution is -2.68. The van der Waals surface area contributed by atoms with Crippen LogP contribution in [0.1, 0.15) is 33.1 Å². The van der Waals surface area contributed by atoms with E-state index in [9.17, 15) is 4.79 Å². The lowest BCUT2D eigenvalue weighted by Gasteiger charge is -2.55. The maximum absolute atomic E-state index is 11.5. The highest BCUT2D eigenvalue weighted by molar-refractivity contribution is 14.0. The third-order valence-corrected chi connectivity index (χ3v) is 6.19. The van der Waals surface area contributed by atoms with E-state index in [-0.39, 0.29) is 35.3 Å². The molecule has 2 heterocycles. The van der Waals surface area contributed by atoms with E-state index in [0.29, 0.717) is 30.7 Å². The molecule has 0 aromatic carbocycles. The Hall–Kier alpha value is -0.610. The third-order valence-electron chi connectivity index (χ3n) is 6.19. The summed E-state index contributed by atoms with van der Waals surface area (Å²) in [4.78, 5) is 18.1. The van der Waals surface area contributed by atoms with Crippen molar-refractivity contribution in [3.05, 3.63) is 0 Å². The molecule has 0 radical (unpaired) electrons. The minimum atomic E-state index is 0. The third kappa shape index (κ3) is 4.44. The lowest BCUT2D eigenvalue weighted by atomic mass is 9.57. The Bertz CT molecular complexity index is 520. The SMILES string of the molecule is CN=C(NC1CCN(CC(=O)NC)CC1)NC1C2CCOC2C1(C)C.I. The number of fused-ring (bicyclic) bond motifs is 1.